The molecular weight excluding hydrogens is 294 g/mol. The Labute approximate surface area is 128 Å². The Bertz CT molecular complexity index is 571. The molecule has 1 fully saturated rings. The monoisotopic (exact) mass is 311 g/mol. The van der Waals surface area contributed by atoms with Gasteiger partial charge in [0.2, 0.25) is 5.91 Å². The Balaban J connectivity index is 2.28. The maximum Gasteiger partial charge on any atom is 0.319 e. The third-order valence-corrected chi connectivity index (χ3v) is 3.91. The van der Waals surface area contributed by atoms with Gasteiger partial charge < -0.3 is 15.2 Å². The van der Waals surface area contributed by atoms with E-state index in [1.807, 2.05) is 0 Å². The molecule has 1 amide bonds. The molecule has 1 aliphatic carbocycles. The van der Waals surface area contributed by atoms with Gasteiger partial charge in [0.25, 0.3) is 0 Å². The summed E-state index contributed by atoms with van der Waals surface area (Å²) >= 11 is 5.95. The van der Waals surface area contributed by atoms with Crippen molar-refractivity contribution in [2.75, 3.05) is 7.11 Å². The Morgan fingerprint density at radius 2 is 2.14 bits per heavy atom. The highest BCUT2D eigenvalue weighted by atomic mass is 35.5. The molecule has 1 aliphatic rings. The molecule has 114 valence electrons. The van der Waals surface area contributed by atoms with E-state index in [1.165, 1.54) is 14.0 Å². The largest absolute Gasteiger partial charge is 0.496 e. The second-order valence-corrected chi connectivity index (χ2v) is 5.95. The van der Waals surface area contributed by atoms with Gasteiger partial charge in [0, 0.05) is 17.5 Å². The molecule has 0 spiro atoms. The van der Waals surface area contributed by atoms with Gasteiger partial charge in [-0.05, 0) is 43.5 Å². The van der Waals surface area contributed by atoms with E-state index in [4.69, 9.17) is 16.3 Å². The van der Waals surface area contributed by atoms with Crippen molar-refractivity contribution in [2.45, 2.75) is 32.2 Å². The first kappa shape index (κ1) is 15.6. The van der Waals surface area contributed by atoms with E-state index < -0.39 is 17.3 Å². The lowest BCUT2D eigenvalue weighted by molar-refractivity contribution is -0.154. The van der Waals surface area contributed by atoms with E-state index in [0.717, 1.165) is 12.8 Å². The molecule has 21 heavy (non-hydrogen) atoms. The van der Waals surface area contributed by atoms with E-state index >= 15 is 0 Å². The van der Waals surface area contributed by atoms with Crippen LogP contribution in [0.5, 0.6) is 5.75 Å². The van der Waals surface area contributed by atoms with E-state index in [1.54, 1.807) is 18.2 Å². The van der Waals surface area contributed by atoms with Gasteiger partial charge in [0.05, 0.1) is 7.11 Å². The molecule has 5 nitrogen and oxygen atoms in total. The summed E-state index contributed by atoms with van der Waals surface area (Å²) in [4.78, 5) is 23.9. The number of rotatable bonds is 6. The molecule has 0 heterocycles. The van der Waals surface area contributed by atoms with Crippen LogP contribution in [0, 0.1) is 5.41 Å². The first-order chi connectivity index (χ1) is 9.86. The molecule has 2 rings (SSSR count). The number of hydrogen-bond acceptors (Lipinski definition) is 3. The number of methoxy groups -OCH3 is 1. The van der Waals surface area contributed by atoms with Crippen LogP contribution in [0.1, 0.15) is 25.3 Å². The lowest BCUT2D eigenvalue weighted by Crippen LogP contribution is -2.46. The number of carboxylic acid groups (broad SMARTS) is 1. The molecule has 1 saturated carbocycles. The molecule has 0 bridgehead atoms. The summed E-state index contributed by atoms with van der Waals surface area (Å²) in [6, 6.07) is 5.06. The third-order valence-electron chi connectivity index (χ3n) is 3.67. The van der Waals surface area contributed by atoms with Crippen molar-refractivity contribution in [3.8, 4) is 5.75 Å². The molecular formula is C15H18ClNO4. The summed E-state index contributed by atoms with van der Waals surface area (Å²) in [7, 11) is 1.50. The number of nitrogens with one attached hydrogen (secondary N) is 1. The summed E-state index contributed by atoms with van der Waals surface area (Å²) in [5, 5.41) is 12.7. The lowest BCUT2D eigenvalue weighted by atomic mass is 9.82. The molecule has 1 aromatic rings. The molecule has 1 aromatic carbocycles. The second-order valence-electron chi connectivity index (χ2n) is 5.52. The van der Waals surface area contributed by atoms with Crippen molar-refractivity contribution in [2.24, 2.45) is 5.41 Å². The predicted molar refractivity (Wildman–Crippen MR) is 78.6 cm³/mol. The van der Waals surface area contributed by atoms with Crippen molar-refractivity contribution in [3.05, 3.63) is 28.8 Å². The molecule has 0 saturated heterocycles. The number of aliphatic carboxylic acids is 1. The predicted octanol–water partition coefficient (Wildman–Crippen LogP) is 2.26. The standard InChI is InChI=1S/C15H18ClNO4/c1-15(14(19)20,13(18)17-11-4-5-11)8-9-7-10(16)3-6-12(9)21-2/h3,6-7,11H,4-5,8H2,1-2H3,(H,17,18)(H,19,20). The zero-order valence-corrected chi connectivity index (χ0v) is 12.7. The fraction of sp³-hybridized carbons (Fsp3) is 0.467. The lowest BCUT2D eigenvalue weighted by Gasteiger charge is -2.24. The molecule has 1 unspecified atom stereocenters. The minimum Gasteiger partial charge on any atom is -0.496 e. The summed E-state index contributed by atoms with van der Waals surface area (Å²) in [6.07, 6.45) is 1.83. The van der Waals surface area contributed by atoms with Crippen LogP contribution in [0.15, 0.2) is 18.2 Å². The Morgan fingerprint density at radius 1 is 1.48 bits per heavy atom. The van der Waals surface area contributed by atoms with Crippen molar-refractivity contribution in [1.82, 2.24) is 5.32 Å². The fourth-order valence-electron chi connectivity index (χ4n) is 2.09. The summed E-state index contributed by atoms with van der Waals surface area (Å²) in [5.41, 5.74) is -0.957. The van der Waals surface area contributed by atoms with Crippen molar-refractivity contribution in [3.63, 3.8) is 0 Å². The van der Waals surface area contributed by atoms with Gasteiger partial charge in [0.15, 0.2) is 0 Å². The van der Waals surface area contributed by atoms with Crippen LogP contribution in [0.3, 0.4) is 0 Å². The number of amides is 1. The zero-order valence-electron chi connectivity index (χ0n) is 12.0. The quantitative estimate of drug-likeness (QED) is 0.790. The second kappa shape index (κ2) is 5.93. The number of benzene rings is 1. The average molecular weight is 312 g/mol. The summed E-state index contributed by atoms with van der Waals surface area (Å²) < 4.78 is 5.22. The van der Waals surface area contributed by atoms with E-state index in [-0.39, 0.29) is 12.5 Å². The first-order valence-electron chi connectivity index (χ1n) is 6.73. The van der Waals surface area contributed by atoms with Gasteiger partial charge in [-0.3, -0.25) is 9.59 Å². The number of carboxylic acids is 1. The normalized spacial score (nSPS) is 16.9. The van der Waals surface area contributed by atoms with Gasteiger partial charge >= 0.3 is 5.97 Å². The third kappa shape index (κ3) is 3.47. The van der Waals surface area contributed by atoms with Crippen LogP contribution in [0.2, 0.25) is 5.02 Å². The Morgan fingerprint density at radius 3 is 2.67 bits per heavy atom. The first-order valence-corrected chi connectivity index (χ1v) is 7.11. The van der Waals surface area contributed by atoms with Gasteiger partial charge in [0.1, 0.15) is 11.2 Å². The SMILES string of the molecule is COc1ccc(Cl)cc1CC(C)(C(=O)O)C(=O)NC1CC1. The van der Waals surface area contributed by atoms with E-state index in [2.05, 4.69) is 5.32 Å². The number of carbonyl (C=O) groups is 2. The minimum atomic E-state index is -1.56. The zero-order chi connectivity index (χ0) is 15.6. The Kier molecular flexibility index (Phi) is 4.42. The highest BCUT2D eigenvalue weighted by molar-refractivity contribution is 6.30. The van der Waals surface area contributed by atoms with Crippen LogP contribution in [-0.4, -0.2) is 30.1 Å². The van der Waals surface area contributed by atoms with Gasteiger partial charge in [-0.1, -0.05) is 11.6 Å². The molecule has 6 heteroatoms. The highest BCUT2D eigenvalue weighted by Gasteiger charge is 2.43. The average Bonchev–Trinajstić information content (AvgIpc) is 3.22. The van der Waals surface area contributed by atoms with Crippen LogP contribution < -0.4 is 10.1 Å². The molecule has 0 radical (unpaired) electrons. The maximum atomic E-state index is 12.3. The van der Waals surface area contributed by atoms with E-state index in [0.29, 0.717) is 16.3 Å². The van der Waals surface area contributed by atoms with Crippen LogP contribution in [0.4, 0.5) is 0 Å². The minimum absolute atomic E-state index is 0.0185. The molecule has 0 aliphatic heterocycles. The number of carbonyl (C=O) groups excluding carboxylic acids is 1. The summed E-state index contributed by atoms with van der Waals surface area (Å²) in [6.45, 7) is 1.42. The Hall–Kier alpha value is -1.75. The number of ether oxygens (including phenoxy) is 1. The van der Waals surface area contributed by atoms with Crippen LogP contribution in [0.25, 0.3) is 0 Å². The van der Waals surface area contributed by atoms with Gasteiger partial charge in [-0.15, -0.1) is 0 Å². The van der Waals surface area contributed by atoms with Crippen molar-refractivity contribution >= 4 is 23.5 Å². The smallest absolute Gasteiger partial charge is 0.319 e. The number of halogens is 1. The van der Waals surface area contributed by atoms with Crippen molar-refractivity contribution in [1.29, 1.82) is 0 Å². The number of hydrogen-bond donors (Lipinski definition) is 2. The van der Waals surface area contributed by atoms with Crippen LogP contribution >= 0.6 is 11.6 Å². The van der Waals surface area contributed by atoms with Gasteiger partial charge in [-0.2, -0.15) is 0 Å². The molecule has 2 N–H and O–H groups in total. The summed E-state index contributed by atoms with van der Waals surface area (Å²) in [5.74, 6) is -1.12. The maximum absolute atomic E-state index is 12.3. The van der Waals surface area contributed by atoms with Crippen molar-refractivity contribution < 1.29 is 19.4 Å². The highest BCUT2D eigenvalue weighted by Crippen LogP contribution is 2.32. The van der Waals surface area contributed by atoms with E-state index in [9.17, 15) is 14.7 Å². The topological polar surface area (TPSA) is 75.6 Å². The molecule has 1 atom stereocenters. The van der Waals surface area contributed by atoms with Crippen LogP contribution in [-0.2, 0) is 16.0 Å². The molecule has 0 aromatic heterocycles. The fourth-order valence-corrected chi connectivity index (χ4v) is 2.29. The van der Waals surface area contributed by atoms with Gasteiger partial charge in [-0.25, -0.2) is 0 Å².